The zero-order valence-electron chi connectivity index (χ0n) is 15.9. The van der Waals surface area contributed by atoms with E-state index >= 15 is 0 Å². The molecule has 0 saturated carbocycles. The van der Waals surface area contributed by atoms with Crippen LogP contribution in [0.2, 0.25) is 0 Å². The van der Waals surface area contributed by atoms with Crippen molar-refractivity contribution in [1.29, 1.82) is 0 Å². The van der Waals surface area contributed by atoms with E-state index in [-0.39, 0.29) is 0 Å². The summed E-state index contributed by atoms with van der Waals surface area (Å²) in [5.41, 5.74) is 2.46. The van der Waals surface area contributed by atoms with Crippen molar-refractivity contribution >= 4 is 11.9 Å². The third-order valence-electron chi connectivity index (χ3n) is 3.41. The molecular weight excluding hydrogens is 346 g/mol. The van der Waals surface area contributed by atoms with Gasteiger partial charge in [0.2, 0.25) is 0 Å². The van der Waals surface area contributed by atoms with Crippen molar-refractivity contribution in [2.24, 2.45) is 0 Å². The minimum atomic E-state index is -1.82. The third kappa shape index (κ3) is 11.4. The Morgan fingerprint density at radius 2 is 1.67 bits per heavy atom. The molecule has 0 aliphatic carbocycles. The molecule has 1 aromatic rings. The quantitative estimate of drug-likeness (QED) is 0.350. The number of carboxylic acids is 2. The van der Waals surface area contributed by atoms with Crippen molar-refractivity contribution in [3.63, 3.8) is 0 Å². The summed E-state index contributed by atoms with van der Waals surface area (Å²) in [6.07, 6.45) is 7.59. The molecule has 0 aliphatic heterocycles. The fourth-order valence-corrected chi connectivity index (χ4v) is 2.26. The van der Waals surface area contributed by atoms with Crippen LogP contribution in [0.4, 0.5) is 0 Å². The second-order valence-electron chi connectivity index (χ2n) is 5.75. The van der Waals surface area contributed by atoms with Gasteiger partial charge in [0, 0.05) is 19.6 Å². The molecule has 0 saturated heterocycles. The van der Waals surface area contributed by atoms with Gasteiger partial charge in [-0.05, 0) is 31.4 Å². The van der Waals surface area contributed by atoms with Crippen LogP contribution in [0.15, 0.2) is 56.2 Å². The van der Waals surface area contributed by atoms with Crippen LogP contribution in [0.3, 0.4) is 0 Å². The molecule has 0 amide bonds. The highest BCUT2D eigenvalue weighted by molar-refractivity contribution is 6.27. The van der Waals surface area contributed by atoms with Crippen LogP contribution in [-0.2, 0) is 16.0 Å². The number of hydrogen-bond acceptors (Lipinski definition) is 4. The van der Waals surface area contributed by atoms with Crippen molar-refractivity contribution in [3.8, 4) is 5.75 Å². The minimum Gasteiger partial charge on any atom is -0.493 e. The summed E-state index contributed by atoms with van der Waals surface area (Å²) in [5, 5.41) is 14.8. The van der Waals surface area contributed by atoms with Crippen LogP contribution in [0, 0.1) is 6.92 Å². The van der Waals surface area contributed by atoms with Crippen molar-refractivity contribution in [2.75, 3.05) is 26.2 Å². The van der Waals surface area contributed by atoms with Gasteiger partial charge in [-0.25, -0.2) is 9.59 Å². The summed E-state index contributed by atoms with van der Waals surface area (Å²) in [6.45, 7) is 16.9. The van der Waals surface area contributed by atoms with E-state index < -0.39 is 11.9 Å². The highest BCUT2D eigenvalue weighted by Gasteiger charge is 2.05. The Morgan fingerprint density at radius 1 is 1.07 bits per heavy atom. The van der Waals surface area contributed by atoms with Gasteiger partial charge in [0.1, 0.15) is 5.75 Å². The van der Waals surface area contributed by atoms with Crippen LogP contribution in [0.1, 0.15) is 17.5 Å². The fourth-order valence-electron chi connectivity index (χ4n) is 2.26. The first-order valence-electron chi connectivity index (χ1n) is 8.59. The van der Waals surface area contributed by atoms with Crippen molar-refractivity contribution in [1.82, 2.24) is 4.90 Å². The zero-order valence-corrected chi connectivity index (χ0v) is 15.9. The van der Waals surface area contributed by atoms with Gasteiger partial charge in [0.25, 0.3) is 0 Å². The van der Waals surface area contributed by atoms with E-state index in [1.165, 1.54) is 11.1 Å². The minimum absolute atomic E-state index is 0.720. The molecule has 1 aromatic carbocycles. The lowest BCUT2D eigenvalue weighted by molar-refractivity contribution is -0.159. The Kier molecular flexibility index (Phi) is 12.8. The summed E-state index contributed by atoms with van der Waals surface area (Å²) >= 11 is 0. The largest absolute Gasteiger partial charge is 0.493 e. The van der Waals surface area contributed by atoms with Crippen LogP contribution >= 0.6 is 0 Å². The van der Waals surface area contributed by atoms with Crippen LogP contribution in [-0.4, -0.2) is 53.3 Å². The molecule has 0 aliphatic rings. The summed E-state index contributed by atoms with van der Waals surface area (Å²) in [5.74, 6) is -2.68. The van der Waals surface area contributed by atoms with E-state index in [0.717, 1.165) is 44.8 Å². The maximum atomic E-state index is 9.10. The predicted molar refractivity (Wildman–Crippen MR) is 107 cm³/mol. The van der Waals surface area contributed by atoms with Gasteiger partial charge in [-0.2, -0.15) is 0 Å². The van der Waals surface area contributed by atoms with Crippen molar-refractivity contribution in [2.45, 2.75) is 19.8 Å². The summed E-state index contributed by atoms with van der Waals surface area (Å²) < 4.78 is 5.93. The number of aryl methyl sites for hydroxylation is 1. The smallest absolute Gasteiger partial charge is 0.414 e. The number of rotatable bonds is 11. The van der Waals surface area contributed by atoms with Gasteiger partial charge < -0.3 is 14.9 Å². The van der Waals surface area contributed by atoms with Gasteiger partial charge in [0.15, 0.2) is 0 Å². The summed E-state index contributed by atoms with van der Waals surface area (Å²) in [7, 11) is 0. The fraction of sp³-hybridized carbons (Fsp3) is 0.333. The molecule has 0 radical (unpaired) electrons. The Morgan fingerprint density at radius 3 is 2.15 bits per heavy atom. The maximum absolute atomic E-state index is 9.10. The lowest BCUT2D eigenvalue weighted by Gasteiger charge is -2.19. The van der Waals surface area contributed by atoms with Gasteiger partial charge in [-0.15, -0.1) is 19.7 Å². The number of carboxylic acid groups (broad SMARTS) is 2. The third-order valence-corrected chi connectivity index (χ3v) is 3.41. The average molecular weight is 375 g/mol. The molecule has 6 heteroatoms. The summed E-state index contributed by atoms with van der Waals surface area (Å²) in [6, 6.07) is 6.31. The molecular formula is C21H29NO5. The standard InChI is InChI=1S/C19H27NO.C2H2O4/c1-5-9-18-16-17(4)10-11-19(18)21-15-8-14-20(12-6-2)13-7-3;3-1(4)2(5)6/h5-7,10-11,16H,1-3,8-9,12-15H2,4H3;(H,3,4)(H,5,6). The van der Waals surface area contributed by atoms with E-state index in [4.69, 9.17) is 24.5 Å². The first kappa shape index (κ1) is 24.1. The molecule has 0 fully saturated rings. The zero-order chi connectivity index (χ0) is 20.7. The average Bonchev–Trinajstić information content (AvgIpc) is 2.61. The molecule has 0 aromatic heterocycles. The Labute approximate surface area is 161 Å². The molecule has 6 nitrogen and oxygen atoms in total. The topological polar surface area (TPSA) is 87.1 Å². The number of hydrogen-bond donors (Lipinski definition) is 2. The number of benzene rings is 1. The van der Waals surface area contributed by atoms with Crippen LogP contribution in [0.25, 0.3) is 0 Å². The molecule has 0 spiro atoms. The molecule has 0 heterocycles. The van der Waals surface area contributed by atoms with Crippen LogP contribution < -0.4 is 4.74 Å². The van der Waals surface area contributed by atoms with Gasteiger partial charge in [-0.3, -0.25) is 4.90 Å². The van der Waals surface area contributed by atoms with Crippen LogP contribution in [0.5, 0.6) is 5.75 Å². The first-order valence-corrected chi connectivity index (χ1v) is 8.59. The monoisotopic (exact) mass is 375 g/mol. The molecule has 27 heavy (non-hydrogen) atoms. The molecule has 148 valence electrons. The van der Waals surface area contributed by atoms with Crippen molar-refractivity contribution < 1.29 is 24.5 Å². The van der Waals surface area contributed by atoms with Gasteiger partial charge >= 0.3 is 11.9 Å². The number of aliphatic carboxylic acids is 2. The van der Waals surface area contributed by atoms with Crippen molar-refractivity contribution in [3.05, 3.63) is 67.3 Å². The number of allylic oxidation sites excluding steroid dienone is 1. The molecule has 0 unspecified atom stereocenters. The number of carbonyl (C=O) groups is 2. The van der Waals surface area contributed by atoms with E-state index in [0.29, 0.717) is 0 Å². The lowest BCUT2D eigenvalue weighted by Crippen LogP contribution is -2.26. The highest BCUT2D eigenvalue weighted by atomic mass is 16.5. The summed E-state index contributed by atoms with van der Waals surface area (Å²) in [4.78, 5) is 20.5. The van der Waals surface area contributed by atoms with E-state index in [2.05, 4.69) is 49.8 Å². The van der Waals surface area contributed by atoms with E-state index in [9.17, 15) is 0 Å². The van der Waals surface area contributed by atoms with E-state index in [1.807, 2.05) is 18.2 Å². The van der Waals surface area contributed by atoms with E-state index in [1.54, 1.807) is 0 Å². The highest BCUT2D eigenvalue weighted by Crippen LogP contribution is 2.21. The molecule has 1 rings (SSSR count). The lowest BCUT2D eigenvalue weighted by atomic mass is 10.1. The van der Waals surface area contributed by atoms with Gasteiger partial charge in [-0.1, -0.05) is 35.9 Å². The Bertz CT molecular complexity index is 617. The first-order chi connectivity index (χ1) is 12.8. The molecule has 2 N–H and O–H groups in total. The normalized spacial score (nSPS) is 9.70. The SMILES string of the molecule is C=CCc1cc(C)ccc1OCCCN(CC=C)CC=C.O=C(O)C(=O)O. The number of nitrogens with zero attached hydrogens (tertiary/aromatic N) is 1. The predicted octanol–water partition coefficient (Wildman–Crippen LogP) is 3.32. The second kappa shape index (κ2) is 14.3. The Hall–Kier alpha value is -2.86. The second-order valence-corrected chi connectivity index (χ2v) is 5.75. The van der Waals surface area contributed by atoms with Gasteiger partial charge in [0.05, 0.1) is 6.61 Å². The maximum Gasteiger partial charge on any atom is 0.414 e. The molecule has 0 bridgehead atoms. The number of ether oxygens (including phenoxy) is 1. The Balaban J connectivity index is 0.000000972. The molecule has 0 atom stereocenters.